The van der Waals surface area contributed by atoms with Gasteiger partial charge in [-0.05, 0) is 24.3 Å². The number of nitrogens with one attached hydrogen (secondary N) is 1. The number of carbonyl (C=O) groups excluding carboxylic acids is 1. The lowest BCUT2D eigenvalue weighted by atomic mass is 9.75. The van der Waals surface area contributed by atoms with Crippen molar-refractivity contribution in [3.8, 4) is 0 Å². The number of nitrogens with zero attached hydrogens (tertiary/aromatic N) is 1. The molecule has 184 valence electrons. The SMILES string of the molecule is CCCCCCCCCCCCCCNc1c2c(nc3ccccc13)CC(C)(C)CC2=O.Cl. The van der Waals surface area contributed by atoms with Gasteiger partial charge in [-0.2, -0.15) is 0 Å². The van der Waals surface area contributed by atoms with Gasteiger partial charge in [0.15, 0.2) is 5.78 Å². The minimum Gasteiger partial charge on any atom is -0.384 e. The first kappa shape index (κ1) is 27.6. The molecule has 1 N–H and O–H groups in total. The molecule has 0 spiro atoms. The van der Waals surface area contributed by atoms with Gasteiger partial charge in [-0.3, -0.25) is 9.78 Å². The van der Waals surface area contributed by atoms with Crippen LogP contribution in [0.15, 0.2) is 24.3 Å². The first-order chi connectivity index (χ1) is 15.5. The molecule has 0 atom stereocenters. The Kier molecular flexibility index (Phi) is 11.7. The Morgan fingerprint density at radius 1 is 0.848 bits per heavy atom. The average Bonchev–Trinajstić information content (AvgIpc) is 2.75. The summed E-state index contributed by atoms with van der Waals surface area (Å²) < 4.78 is 0. The molecule has 0 saturated carbocycles. The van der Waals surface area contributed by atoms with Crippen molar-refractivity contribution in [3.05, 3.63) is 35.5 Å². The molecule has 1 aromatic heterocycles. The normalized spacial score (nSPS) is 14.7. The molecule has 0 saturated heterocycles. The number of para-hydroxylation sites is 1. The molecular weight excluding hydrogens is 428 g/mol. The van der Waals surface area contributed by atoms with E-state index in [0.29, 0.717) is 6.42 Å². The van der Waals surface area contributed by atoms with Gasteiger partial charge >= 0.3 is 0 Å². The predicted octanol–water partition coefficient (Wildman–Crippen LogP) is 8.92. The number of rotatable bonds is 14. The number of halogens is 1. The average molecular weight is 473 g/mol. The molecule has 0 bridgehead atoms. The molecule has 1 aliphatic carbocycles. The number of benzene rings is 1. The van der Waals surface area contributed by atoms with E-state index in [1.54, 1.807) is 0 Å². The van der Waals surface area contributed by atoms with Crippen molar-refractivity contribution >= 4 is 34.8 Å². The maximum atomic E-state index is 13.0. The van der Waals surface area contributed by atoms with Gasteiger partial charge in [0.1, 0.15) is 0 Å². The molecule has 2 aromatic rings. The highest BCUT2D eigenvalue weighted by Crippen LogP contribution is 2.39. The number of unbranched alkanes of at least 4 members (excludes halogenated alkanes) is 11. The summed E-state index contributed by atoms with van der Waals surface area (Å²) in [6.07, 6.45) is 17.8. The highest BCUT2D eigenvalue weighted by Gasteiger charge is 2.34. The van der Waals surface area contributed by atoms with E-state index in [2.05, 4.69) is 38.2 Å². The summed E-state index contributed by atoms with van der Waals surface area (Å²) in [7, 11) is 0. The van der Waals surface area contributed by atoms with Crippen LogP contribution in [-0.4, -0.2) is 17.3 Å². The summed E-state index contributed by atoms with van der Waals surface area (Å²) in [5, 5.41) is 4.73. The Hall–Kier alpha value is -1.61. The molecular formula is C29H45ClN2O. The number of pyridine rings is 1. The van der Waals surface area contributed by atoms with Crippen molar-refractivity contribution in [3.63, 3.8) is 0 Å². The Morgan fingerprint density at radius 2 is 1.42 bits per heavy atom. The van der Waals surface area contributed by atoms with Gasteiger partial charge in [0.05, 0.1) is 22.5 Å². The van der Waals surface area contributed by atoms with Crippen LogP contribution in [0.4, 0.5) is 5.69 Å². The molecule has 1 heterocycles. The molecule has 1 aliphatic rings. The number of carbonyl (C=O) groups is 1. The van der Waals surface area contributed by atoms with Crippen LogP contribution < -0.4 is 5.32 Å². The molecule has 33 heavy (non-hydrogen) atoms. The van der Waals surface area contributed by atoms with Gasteiger partial charge in [0.25, 0.3) is 0 Å². The summed E-state index contributed by atoms with van der Waals surface area (Å²) in [5.74, 6) is 0.242. The largest absolute Gasteiger partial charge is 0.384 e. The number of hydrogen-bond donors (Lipinski definition) is 1. The van der Waals surface area contributed by atoms with Gasteiger partial charge in [-0.15, -0.1) is 12.4 Å². The minimum absolute atomic E-state index is 0. The molecule has 1 aromatic carbocycles. The third-order valence-corrected chi connectivity index (χ3v) is 6.86. The molecule has 0 unspecified atom stereocenters. The Morgan fingerprint density at radius 3 is 2.06 bits per heavy atom. The van der Waals surface area contributed by atoms with E-state index in [0.717, 1.165) is 47.2 Å². The van der Waals surface area contributed by atoms with Crippen LogP contribution in [0.2, 0.25) is 0 Å². The summed E-state index contributed by atoms with van der Waals surface area (Å²) in [4.78, 5) is 17.9. The van der Waals surface area contributed by atoms with Crippen molar-refractivity contribution in [1.29, 1.82) is 0 Å². The van der Waals surface area contributed by atoms with Gasteiger partial charge in [-0.25, -0.2) is 0 Å². The minimum atomic E-state index is -0.00762. The zero-order chi connectivity index (χ0) is 22.8. The third kappa shape index (κ3) is 8.28. The van der Waals surface area contributed by atoms with E-state index in [1.165, 1.54) is 70.6 Å². The number of anilines is 1. The molecule has 0 amide bonds. The van der Waals surface area contributed by atoms with Crippen LogP contribution in [0.3, 0.4) is 0 Å². The molecule has 3 nitrogen and oxygen atoms in total. The van der Waals surface area contributed by atoms with Crippen molar-refractivity contribution in [2.24, 2.45) is 5.41 Å². The lowest BCUT2D eigenvalue weighted by Crippen LogP contribution is -2.29. The standard InChI is InChI=1S/C29H44N2O.ClH/c1-4-5-6-7-8-9-10-11-12-13-14-17-20-30-28-23-18-15-16-19-24(23)31-25-21-29(2,3)22-26(32)27(25)28;/h15-16,18-19H,4-14,17,20-22H2,1-3H3,(H,30,31);1H. The predicted molar refractivity (Wildman–Crippen MR) is 145 cm³/mol. The molecule has 0 aliphatic heterocycles. The van der Waals surface area contributed by atoms with Crippen LogP contribution in [0.25, 0.3) is 10.9 Å². The van der Waals surface area contributed by atoms with E-state index >= 15 is 0 Å². The lowest BCUT2D eigenvalue weighted by molar-refractivity contribution is 0.0911. The molecule has 0 radical (unpaired) electrons. The van der Waals surface area contributed by atoms with E-state index in [1.807, 2.05) is 12.1 Å². The Balaban J connectivity index is 0.00000385. The Bertz CT molecular complexity index is 877. The molecule has 4 heteroatoms. The van der Waals surface area contributed by atoms with Gasteiger partial charge in [0, 0.05) is 18.4 Å². The zero-order valence-corrected chi connectivity index (χ0v) is 22.0. The fourth-order valence-electron chi connectivity index (χ4n) is 5.09. The second-order valence-corrected chi connectivity index (χ2v) is 10.6. The first-order valence-corrected chi connectivity index (χ1v) is 13.2. The van der Waals surface area contributed by atoms with Gasteiger partial charge < -0.3 is 5.32 Å². The van der Waals surface area contributed by atoms with Crippen LogP contribution in [0.5, 0.6) is 0 Å². The Labute approximate surface area is 207 Å². The summed E-state index contributed by atoms with van der Waals surface area (Å²) >= 11 is 0. The smallest absolute Gasteiger partial charge is 0.167 e. The van der Waals surface area contributed by atoms with Crippen LogP contribution in [0.1, 0.15) is 120 Å². The summed E-state index contributed by atoms with van der Waals surface area (Å²) in [6.45, 7) is 7.55. The van der Waals surface area contributed by atoms with Crippen LogP contribution in [-0.2, 0) is 6.42 Å². The number of ketones is 1. The van der Waals surface area contributed by atoms with Crippen molar-refractivity contribution in [2.75, 3.05) is 11.9 Å². The number of aromatic nitrogens is 1. The van der Waals surface area contributed by atoms with E-state index in [9.17, 15) is 4.79 Å². The van der Waals surface area contributed by atoms with Crippen molar-refractivity contribution in [1.82, 2.24) is 4.98 Å². The lowest BCUT2D eigenvalue weighted by Gasteiger charge is -2.31. The van der Waals surface area contributed by atoms with Crippen LogP contribution >= 0.6 is 12.4 Å². The zero-order valence-electron chi connectivity index (χ0n) is 21.2. The topological polar surface area (TPSA) is 42.0 Å². The summed E-state index contributed by atoms with van der Waals surface area (Å²) in [5.41, 5.74) is 3.83. The van der Waals surface area contributed by atoms with Crippen LogP contribution in [0, 0.1) is 5.41 Å². The fraction of sp³-hybridized carbons (Fsp3) is 0.655. The van der Waals surface area contributed by atoms with E-state index in [4.69, 9.17) is 4.98 Å². The second-order valence-electron chi connectivity index (χ2n) is 10.6. The van der Waals surface area contributed by atoms with Gasteiger partial charge in [0.2, 0.25) is 0 Å². The first-order valence-electron chi connectivity index (χ1n) is 13.2. The molecule has 3 rings (SSSR count). The number of Topliss-reactive ketones (excluding diaryl/α,β-unsaturated/α-hetero) is 1. The van der Waals surface area contributed by atoms with E-state index in [-0.39, 0.29) is 23.6 Å². The maximum Gasteiger partial charge on any atom is 0.167 e. The van der Waals surface area contributed by atoms with Crippen molar-refractivity contribution in [2.45, 2.75) is 111 Å². The van der Waals surface area contributed by atoms with E-state index < -0.39 is 0 Å². The maximum absolute atomic E-state index is 13.0. The van der Waals surface area contributed by atoms with Crippen molar-refractivity contribution < 1.29 is 4.79 Å². The van der Waals surface area contributed by atoms with Gasteiger partial charge in [-0.1, -0.05) is 110 Å². The quantitative estimate of drug-likeness (QED) is 0.279. The highest BCUT2D eigenvalue weighted by molar-refractivity contribution is 6.10. The summed E-state index contributed by atoms with van der Waals surface area (Å²) in [6, 6.07) is 8.24. The monoisotopic (exact) mass is 472 g/mol. The second kappa shape index (κ2) is 13.9. The highest BCUT2D eigenvalue weighted by atomic mass is 35.5. The fourth-order valence-corrected chi connectivity index (χ4v) is 5.09. The molecule has 0 fully saturated rings. The number of fused-ring (bicyclic) bond motifs is 2. The number of hydrogen-bond acceptors (Lipinski definition) is 3. The third-order valence-electron chi connectivity index (χ3n) is 6.86.